The van der Waals surface area contributed by atoms with E-state index >= 15 is 0 Å². The van der Waals surface area contributed by atoms with E-state index in [0.717, 1.165) is 11.5 Å². The Labute approximate surface area is 120 Å². The molecule has 1 heterocycles. The third-order valence-corrected chi connectivity index (χ3v) is 3.47. The van der Waals surface area contributed by atoms with Crippen LogP contribution in [0.1, 0.15) is 28.6 Å². The molecule has 4 heteroatoms. The smallest absolute Gasteiger partial charge is 0.231 e. The maximum absolute atomic E-state index is 14.0. The first-order valence-corrected chi connectivity index (χ1v) is 6.65. The monoisotopic (exact) mass is 284 g/mol. The molecule has 3 nitrogen and oxygen atoms in total. The molecule has 0 fully saturated rings. The molecule has 0 amide bonds. The second-order valence-electron chi connectivity index (χ2n) is 4.75. The zero-order valence-corrected chi connectivity index (χ0v) is 11.4. The molecule has 0 aliphatic carbocycles. The average Bonchev–Trinajstić information content (AvgIpc) is 2.92. The molecule has 0 aliphatic heterocycles. The van der Waals surface area contributed by atoms with E-state index in [0.29, 0.717) is 17.6 Å². The van der Waals surface area contributed by atoms with Crippen molar-refractivity contribution in [1.82, 2.24) is 0 Å². The number of phenolic OH excluding ortho intramolecular Hbond substituents is 1. The fourth-order valence-corrected chi connectivity index (χ4v) is 2.43. The zero-order valence-electron chi connectivity index (χ0n) is 11.4. The average molecular weight is 284 g/mol. The quantitative estimate of drug-likeness (QED) is 0.737. The molecule has 0 saturated heterocycles. The normalized spacial score (nSPS) is 11.0. The Bertz CT molecular complexity index is 800. The van der Waals surface area contributed by atoms with E-state index in [4.69, 9.17) is 4.42 Å². The second-order valence-corrected chi connectivity index (χ2v) is 4.75. The lowest BCUT2D eigenvalue weighted by molar-refractivity contribution is 0.101. The van der Waals surface area contributed by atoms with Gasteiger partial charge in [-0.3, -0.25) is 4.79 Å². The number of phenols is 1. The summed E-state index contributed by atoms with van der Waals surface area (Å²) < 4.78 is 19.5. The first-order valence-electron chi connectivity index (χ1n) is 6.65. The molecule has 0 bridgehead atoms. The standard InChI is InChI=1S/C17H13FO3/c1-2-11-13(19)8-7-12(18)16(11)17(20)15-9-10-5-3-4-6-14(10)21-15/h3-9,19H,2H2,1H3. The van der Waals surface area contributed by atoms with E-state index in [1.54, 1.807) is 25.1 Å². The number of para-hydroxylation sites is 1. The van der Waals surface area contributed by atoms with Crippen LogP contribution in [0.5, 0.6) is 5.75 Å². The lowest BCUT2D eigenvalue weighted by Gasteiger charge is -2.08. The minimum atomic E-state index is -0.657. The maximum atomic E-state index is 14.0. The summed E-state index contributed by atoms with van der Waals surface area (Å²) in [5.41, 5.74) is 0.733. The molecule has 0 atom stereocenters. The maximum Gasteiger partial charge on any atom is 0.231 e. The summed E-state index contributed by atoms with van der Waals surface area (Å²) >= 11 is 0. The number of ketones is 1. The Morgan fingerprint density at radius 1 is 1.24 bits per heavy atom. The Hall–Kier alpha value is -2.62. The van der Waals surface area contributed by atoms with Gasteiger partial charge in [-0.2, -0.15) is 0 Å². The van der Waals surface area contributed by atoms with Gasteiger partial charge in [0.1, 0.15) is 17.1 Å². The summed E-state index contributed by atoms with van der Waals surface area (Å²) in [5, 5.41) is 10.6. The predicted molar refractivity (Wildman–Crippen MR) is 77.1 cm³/mol. The van der Waals surface area contributed by atoms with Crippen molar-refractivity contribution < 1.29 is 18.7 Å². The largest absolute Gasteiger partial charge is 0.508 e. The molecule has 0 spiro atoms. The summed E-state index contributed by atoms with van der Waals surface area (Å²) in [6.45, 7) is 1.75. The van der Waals surface area contributed by atoms with E-state index in [1.165, 1.54) is 6.07 Å². The van der Waals surface area contributed by atoms with Gasteiger partial charge in [0.05, 0.1) is 5.56 Å². The van der Waals surface area contributed by atoms with Crippen molar-refractivity contribution in [1.29, 1.82) is 0 Å². The SMILES string of the molecule is CCc1c(O)ccc(F)c1C(=O)c1cc2ccccc2o1. The summed E-state index contributed by atoms with van der Waals surface area (Å²) in [5.74, 6) is -1.24. The van der Waals surface area contributed by atoms with Gasteiger partial charge in [0.25, 0.3) is 0 Å². The van der Waals surface area contributed by atoms with Crippen LogP contribution < -0.4 is 0 Å². The van der Waals surface area contributed by atoms with Crippen LogP contribution in [0.15, 0.2) is 46.9 Å². The molecule has 0 aliphatic rings. The van der Waals surface area contributed by atoms with Crippen molar-refractivity contribution in [2.75, 3.05) is 0 Å². The third kappa shape index (κ3) is 2.18. The van der Waals surface area contributed by atoms with Crippen LogP contribution in [0.4, 0.5) is 4.39 Å². The number of furan rings is 1. The topological polar surface area (TPSA) is 50.4 Å². The molecule has 3 aromatic rings. The lowest BCUT2D eigenvalue weighted by Crippen LogP contribution is -2.07. The van der Waals surface area contributed by atoms with Crippen molar-refractivity contribution >= 4 is 16.8 Å². The Balaban J connectivity index is 2.16. The number of carbonyl (C=O) groups excluding carboxylic acids is 1. The Morgan fingerprint density at radius 2 is 2.00 bits per heavy atom. The fraction of sp³-hybridized carbons (Fsp3) is 0.118. The van der Waals surface area contributed by atoms with Crippen molar-refractivity contribution in [3.8, 4) is 5.75 Å². The summed E-state index contributed by atoms with van der Waals surface area (Å²) in [6, 6.07) is 11.1. The molecule has 1 aromatic heterocycles. The predicted octanol–water partition coefficient (Wildman–Crippen LogP) is 4.07. The fourth-order valence-electron chi connectivity index (χ4n) is 2.43. The third-order valence-electron chi connectivity index (χ3n) is 3.47. The number of hydrogen-bond donors (Lipinski definition) is 1. The lowest BCUT2D eigenvalue weighted by atomic mass is 9.98. The highest BCUT2D eigenvalue weighted by molar-refractivity contribution is 6.10. The van der Waals surface area contributed by atoms with Gasteiger partial charge in [-0.25, -0.2) is 4.39 Å². The molecular weight excluding hydrogens is 271 g/mol. The van der Waals surface area contributed by atoms with Crippen LogP contribution in [0.25, 0.3) is 11.0 Å². The van der Waals surface area contributed by atoms with Crippen molar-refractivity contribution in [3.63, 3.8) is 0 Å². The number of carbonyl (C=O) groups is 1. The highest BCUT2D eigenvalue weighted by Gasteiger charge is 2.23. The van der Waals surface area contributed by atoms with E-state index < -0.39 is 11.6 Å². The van der Waals surface area contributed by atoms with Gasteiger partial charge in [-0.05, 0) is 30.7 Å². The molecule has 3 rings (SSSR count). The molecule has 2 aromatic carbocycles. The van der Waals surface area contributed by atoms with Crippen LogP contribution >= 0.6 is 0 Å². The number of fused-ring (bicyclic) bond motifs is 1. The highest BCUT2D eigenvalue weighted by Crippen LogP contribution is 2.28. The number of halogens is 1. The summed E-state index contributed by atoms with van der Waals surface area (Å²) in [4.78, 5) is 12.5. The van der Waals surface area contributed by atoms with Gasteiger partial charge in [-0.1, -0.05) is 25.1 Å². The summed E-state index contributed by atoms with van der Waals surface area (Å²) in [6.07, 6.45) is 0.352. The van der Waals surface area contributed by atoms with Gasteiger partial charge in [0.15, 0.2) is 5.76 Å². The van der Waals surface area contributed by atoms with Crippen LogP contribution in [0.2, 0.25) is 0 Å². The molecule has 0 unspecified atom stereocenters. The summed E-state index contributed by atoms with van der Waals surface area (Å²) in [7, 11) is 0. The van der Waals surface area contributed by atoms with E-state index in [9.17, 15) is 14.3 Å². The minimum Gasteiger partial charge on any atom is -0.508 e. The second kappa shape index (κ2) is 5.05. The van der Waals surface area contributed by atoms with Crippen molar-refractivity contribution in [2.45, 2.75) is 13.3 Å². The van der Waals surface area contributed by atoms with Gasteiger partial charge in [-0.15, -0.1) is 0 Å². The number of aromatic hydroxyl groups is 1. The van der Waals surface area contributed by atoms with Crippen LogP contribution in [-0.2, 0) is 6.42 Å². The molecular formula is C17H13FO3. The zero-order chi connectivity index (χ0) is 15.0. The number of benzene rings is 2. The molecule has 0 saturated carbocycles. The first kappa shape index (κ1) is 13.4. The van der Waals surface area contributed by atoms with E-state index in [2.05, 4.69) is 0 Å². The van der Waals surface area contributed by atoms with Gasteiger partial charge < -0.3 is 9.52 Å². The molecule has 21 heavy (non-hydrogen) atoms. The number of rotatable bonds is 3. The highest BCUT2D eigenvalue weighted by atomic mass is 19.1. The van der Waals surface area contributed by atoms with Gasteiger partial charge in [0.2, 0.25) is 5.78 Å². The van der Waals surface area contributed by atoms with Gasteiger partial charge in [0, 0.05) is 10.9 Å². The van der Waals surface area contributed by atoms with Crippen molar-refractivity contribution in [3.05, 3.63) is 65.2 Å². The van der Waals surface area contributed by atoms with Crippen LogP contribution in [-0.4, -0.2) is 10.9 Å². The molecule has 106 valence electrons. The molecule has 1 N–H and O–H groups in total. The van der Waals surface area contributed by atoms with E-state index in [-0.39, 0.29) is 17.1 Å². The van der Waals surface area contributed by atoms with Crippen LogP contribution in [0, 0.1) is 5.82 Å². The number of hydrogen-bond acceptors (Lipinski definition) is 3. The van der Waals surface area contributed by atoms with Gasteiger partial charge >= 0.3 is 0 Å². The van der Waals surface area contributed by atoms with Crippen molar-refractivity contribution in [2.24, 2.45) is 0 Å². The molecule has 0 radical (unpaired) electrons. The van der Waals surface area contributed by atoms with E-state index in [1.807, 2.05) is 12.1 Å². The first-order chi connectivity index (χ1) is 10.1. The Morgan fingerprint density at radius 3 is 2.71 bits per heavy atom. The van der Waals surface area contributed by atoms with Crippen LogP contribution in [0.3, 0.4) is 0 Å². The minimum absolute atomic E-state index is 0.0652. The Kier molecular flexibility index (Phi) is 3.22.